The van der Waals surface area contributed by atoms with Crippen molar-refractivity contribution in [3.63, 3.8) is 0 Å². The molecule has 0 bridgehead atoms. The highest BCUT2D eigenvalue weighted by atomic mass is 32.2. The van der Waals surface area contributed by atoms with Gasteiger partial charge in [0.1, 0.15) is 19.8 Å². The molecule has 1 N–H and O–H groups in total. The summed E-state index contributed by atoms with van der Waals surface area (Å²) in [5, 5.41) is 0. The number of hydrogen-bond donors (Lipinski definition) is 1. The Hall–Kier alpha value is 0.540. The van der Waals surface area contributed by atoms with Crippen molar-refractivity contribution in [3.05, 3.63) is 0 Å². The van der Waals surface area contributed by atoms with Gasteiger partial charge in [0.15, 0.2) is 0 Å². The van der Waals surface area contributed by atoms with Crippen LogP contribution in [0.1, 0.15) is 104 Å². The Bertz CT molecular complexity index is 438. The van der Waals surface area contributed by atoms with E-state index in [4.69, 9.17) is 13.8 Å². The van der Waals surface area contributed by atoms with Crippen LogP contribution in [0.15, 0.2) is 0 Å². The fourth-order valence-corrected chi connectivity index (χ4v) is 5.41. The van der Waals surface area contributed by atoms with Gasteiger partial charge in [0.2, 0.25) is 0 Å². The third-order valence-electron chi connectivity index (χ3n) is 5.79. The second-order valence-corrected chi connectivity index (χ2v) is 13.0. The molecule has 0 aromatic carbocycles. The van der Waals surface area contributed by atoms with Crippen LogP contribution in [-0.4, -0.2) is 74.5 Å². The Morgan fingerprint density at radius 2 is 1.29 bits per heavy atom. The topological polar surface area (TPSA) is 71.0 Å². The second-order valence-electron chi connectivity index (χ2n) is 10.4. The maximum absolute atomic E-state index is 12.1. The van der Waals surface area contributed by atoms with Gasteiger partial charge < -0.3 is 14.1 Å². The first-order valence-corrected chi connectivity index (χ1v) is 16.5. The molecular weight excluding hydrogens is 469 g/mol. The van der Waals surface area contributed by atoms with Crippen molar-refractivity contribution < 1.29 is 28.1 Å². The minimum absolute atomic E-state index is 0.0811. The molecule has 0 amide bonds. The minimum Gasteiger partial charge on any atom is -0.606 e. The Balaban J connectivity index is 3.64. The highest BCUT2D eigenvalue weighted by molar-refractivity contribution is 7.99. The van der Waals surface area contributed by atoms with Gasteiger partial charge in [-0.25, -0.2) is 0 Å². The summed E-state index contributed by atoms with van der Waals surface area (Å²) >= 11 is 1.84. The van der Waals surface area contributed by atoms with Gasteiger partial charge in [0.25, 0.3) is 0 Å². The van der Waals surface area contributed by atoms with Crippen molar-refractivity contribution in [2.75, 3.05) is 59.0 Å². The van der Waals surface area contributed by atoms with E-state index in [1.165, 1.54) is 89.9 Å². The lowest BCUT2D eigenvalue weighted by molar-refractivity contribution is -0.870. The fraction of sp³-hybridized carbons (Fsp3) is 1.00. The molecule has 0 saturated heterocycles. The van der Waals surface area contributed by atoms with Crippen LogP contribution in [0.5, 0.6) is 0 Å². The van der Waals surface area contributed by atoms with Crippen molar-refractivity contribution >= 4 is 19.9 Å². The summed E-state index contributed by atoms with van der Waals surface area (Å²) < 4.78 is 16.6. The fourth-order valence-electron chi connectivity index (χ4n) is 3.64. The molecule has 0 saturated carbocycles. The Morgan fingerprint density at radius 1 is 0.794 bits per heavy atom. The van der Waals surface area contributed by atoms with Crippen LogP contribution in [-0.2, 0) is 13.8 Å². The van der Waals surface area contributed by atoms with Gasteiger partial charge in [-0.3, -0.25) is 0 Å². The Morgan fingerprint density at radius 3 is 1.76 bits per heavy atom. The van der Waals surface area contributed by atoms with Crippen LogP contribution in [0, 0.1) is 0 Å². The molecule has 2 atom stereocenters. The molecule has 1 unspecified atom stereocenters. The summed E-state index contributed by atoms with van der Waals surface area (Å²) in [6, 6.07) is 0. The summed E-state index contributed by atoms with van der Waals surface area (Å²) in [5.74, 6) is 1.86. The molecule has 0 aliphatic rings. The van der Waals surface area contributed by atoms with Gasteiger partial charge in [-0.05, 0) is 19.1 Å². The van der Waals surface area contributed by atoms with Gasteiger partial charge in [0, 0.05) is 12.4 Å². The molecule has 0 aliphatic heterocycles. The number of phosphoric acid groups is 1. The van der Waals surface area contributed by atoms with E-state index in [9.17, 15) is 9.79 Å². The third-order valence-corrected chi connectivity index (χ3v) is 7.96. The highest BCUT2D eigenvalue weighted by Gasteiger charge is 2.30. The molecule has 0 aromatic rings. The van der Waals surface area contributed by atoms with Gasteiger partial charge in [-0.15, -0.1) is 0 Å². The van der Waals surface area contributed by atoms with Crippen molar-refractivity contribution in [3.8, 4) is 0 Å². The van der Waals surface area contributed by atoms with Crippen LogP contribution >= 0.6 is 19.9 Å². The standard InChI is InChI=1S/C26H56NO5PS/c1-6-8-9-10-11-12-13-14-15-16-17-18-19-20-23-34-25-26(30-7-2)24-32-33(28,29)31-22-21-27(3,4)5/h26H,6-25H2,1-5H3/p+1/t26-/m0/s1. The van der Waals surface area contributed by atoms with Crippen LogP contribution in [0.3, 0.4) is 0 Å². The molecule has 0 spiro atoms. The molecule has 206 valence electrons. The molecule has 34 heavy (non-hydrogen) atoms. The van der Waals surface area contributed by atoms with Crippen LogP contribution in [0.25, 0.3) is 0 Å². The van der Waals surface area contributed by atoms with Crippen LogP contribution < -0.4 is 4.89 Å². The minimum atomic E-state index is -4.03. The molecular formula is C26H57NO5PS+. The van der Waals surface area contributed by atoms with E-state index in [0.29, 0.717) is 17.6 Å². The molecule has 0 fully saturated rings. The normalized spacial score (nSPS) is 14.9. The first-order valence-electron chi connectivity index (χ1n) is 13.8. The number of hydrogen-bond acceptors (Lipinski definition) is 6. The molecule has 0 radical (unpaired) electrons. The number of nitrogens with zero attached hydrogens (tertiary/aromatic N) is 1. The highest BCUT2D eigenvalue weighted by Crippen LogP contribution is 2.47. The lowest BCUT2D eigenvalue weighted by atomic mass is 10.0. The molecule has 8 heteroatoms. The SMILES string of the molecule is CCCCCCCCCCCCCCCCSC[C@H](CO[P+]([O-])(O)OCC[N+](C)(C)C)OCC. The maximum Gasteiger partial charge on any atom is 0.377 e. The number of ether oxygens (including phenoxy) is 1. The smallest absolute Gasteiger partial charge is 0.377 e. The first kappa shape index (κ1) is 34.5. The molecule has 0 aliphatic carbocycles. The van der Waals surface area contributed by atoms with Gasteiger partial charge in [0.05, 0.1) is 27.2 Å². The lowest BCUT2D eigenvalue weighted by Crippen LogP contribution is -2.38. The van der Waals surface area contributed by atoms with Crippen LogP contribution in [0.2, 0.25) is 0 Å². The zero-order valence-electron chi connectivity index (χ0n) is 23.1. The largest absolute Gasteiger partial charge is 0.606 e. The van der Waals surface area contributed by atoms with Gasteiger partial charge in [-0.1, -0.05) is 90.4 Å². The van der Waals surface area contributed by atoms with E-state index in [1.807, 2.05) is 39.8 Å². The second kappa shape index (κ2) is 22.7. The van der Waals surface area contributed by atoms with E-state index in [1.54, 1.807) is 0 Å². The average molecular weight is 527 g/mol. The zero-order valence-corrected chi connectivity index (χ0v) is 24.8. The number of thioether (sulfide) groups is 1. The average Bonchev–Trinajstić information content (AvgIpc) is 2.76. The van der Waals surface area contributed by atoms with E-state index < -0.39 is 8.17 Å². The van der Waals surface area contributed by atoms with Crippen molar-refractivity contribution in [1.29, 1.82) is 0 Å². The Kier molecular flexibility index (Phi) is 23.1. The Labute approximate surface area is 216 Å². The van der Waals surface area contributed by atoms with E-state index in [-0.39, 0.29) is 19.3 Å². The van der Waals surface area contributed by atoms with Crippen LogP contribution in [0.4, 0.5) is 0 Å². The summed E-state index contributed by atoms with van der Waals surface area (Å²) in [6.45, 7) is 5.67. The summed E-state index contributed by atoms with van der Waals surface area (Å²) in [7, 11) is 1.99. The van der Waals surface area contributed by atoms with Gasteiger partial charge >= 0.3 is 8.17 Å². The summed E-state index contributed by atoms with van der Waals surface area (Å²) in [4.78, 5) is 22.0. The number of likely N-dealkylation sites (N-methyl/N-ethyl adjacent to an activating group) is 1. The van der Waals surface area contributed by atoms with E-state index >= 15 is 0 Å². The van der Waals surface area contributed by atoms with Gasteiger partial charge in [-0.2, -0.15) is 25.7 Å². The molecule has 0 aromatic heterocycles. The molecule has 0 heterocycles. The summed E-state index contributed by atoms with van der Waals surface area (Å²) in [6.07, 6.45) is 19.0. The zero-order chi connectivity index (χ0) is 25.5. The monoisotopic (exact) mass is 526 g/mol. The third kappa shape index (κ3) is 25.6. The van der Waals surface area contributed by atoms with Crippen molar-refractivity contribution in [2.45, 2.75) is 110 Å². The summed E-state index contributed by atoms with van der Waals surface area (Å²) in [5.41, 5.74) is 0. The van der Waals surface area contributed by atoms with E-state index in [2.05, 4.69) is 6.92 Å². The van der Waals surface area contributed by atoms with Crippen molar-refractivity contribution in [2.24, 2.45) is 0 Å². The van der Waals surface area contributed by atoms with E-state index in [0.717, 1.165) is 11.5 Å². The number of phosphoric ester groups is 1. The first-order chi connectivity index (χ1) is 16.2. The molecule has 0 rings (SSSR count). The molecule has 6 nitrogen and oxygen atoms in total. The lowest BCUT2D eigenvalue weighted by Gasteiger charge is -2.26. The quantitative estimate of drug-likeness (QED) is 0.0802. The number of unbranched alkanes of at least 4 members (excludes halogenated alkanes) is 13. The number of quaternary nitrogens is 1. The predicted octanol–water partition coefficient (Wildman–Crippen LogP) is 6.38. The number of rotatable bonds is 26. The maximum atomic E-state index is 12.1. The predicted molar refractivity (Wildman–Crippen MR) is 147 cm³/mol. The van der Waals surface area contributed by atoms with Crippen molar-refractivity contribution in [1.82, 2.24) is 0 Å².